The zero-order valence-electron chi connectivity index (χ0n) is 37.1. The largest absolute Gasteiger partial charge is 0.380 e. The number of carbonyl (C=O) groups is 1. The van der Waals surface area contributed by atoms with E-state index in [4.69, 9.17) is 14.5 Å². The van der Waals surface area contributed by atoms with Crippen LogP contribution in [0.25, 0.3) is 0 Å². The van der Waals surface area contributed by atoms with Gasteiger partial charge in [0.2, 0.25) is 5.91 Å². The van der Waals surface area contributed by atoms with Crippen molar-refractivity contribution in [2.45, 2.75) is 209 Å². The van der Waals surface area contributed by atoms with Gasteiger partial charge in [0.1, 0.15) is 12.2 Å². The van der Waals surface area contributed by atoms with Gasteiger partial charge in [0.25, 0.3) is 0 Å². The molecule has 9 aliphatic rings. The quantitative estimate of drug-likeness (QED) is 0.197. The van der Waals surface area contributed by atoms with E-state index in [1.165, 1.54) is 25.0 Å². The van der Waals surface area contributed by atoms with Crippen LogP contribution in [-0.2, 0) is 14.3 Å². The molecule has 0 aromatic carbocycles. The average molecular weight is 854 g/mol. The van der Waals surface area contributed by atoms with Crippen LogP contribution >= 0.6 is 11.8 Å². The summed E-state index contributed by atoms with van der Waals surface area (Å²) >= 11 is 2.11. The monoisotopic (exact) mass is 854 g/mol. The first-order chi connectivity index (χ1) is 29.0. The molecule has 8 fully saturated rings. The minimum atomic E-state index is -0.731. The van der Waals surface area contributed by atoms with Crippen molar-refractivity contribution in [3.63, 3.8) is 0 Å². The molecule has 15 atom stereocenters. The van der Waals surface area contributed by atoms with Gasteiger partial charge in [0.05, 0.1) is 60.2 Å². The number of carbonyl (C=O) groups excluding carboxylic acids is 1. The molecule has 60 heavy (non-hydrogen) atoms. The Morgan fingerprint density at radius 1 is 0.917 bits per heavy atom. The van der Waals surface area contributed by atoms with Gasteiger partial charge in [-0.3, -0.25) is 19.6 Å². The lowest BCUT2D eigenvalue weighted by Gasteiger charge is -2.44. The number of alkyl halides is 1. The van der Waals surface area contributed by atoms with Gasteiger partial charge in [-0.15, -0.1) is 11.8 Å². The van der Waals surface area contributed by atoms with Crippen molar-refractivity contribution >= 4 is 23.4 Å². The SMILES string of the molecule is COC1CC(OC2CCC(NC(=O)C3CCC(N4CCC5(CCC(C6CCC(C7=N[C@@H](C)C8NNC(C)N8C8SC(C)C(C)C78)CC6F)CC5)C4)NN3)CC2)CCC1C#N. The number of likely N-dealkylation sites (tertiary alicyclic amines) is 1. The highest BCUT2D eigenvalue weighted by molar-refractivity contribution is 8.00. The Hall–Kier alpha value is -1.41. The summed E-state index contributed by atoms with van der Waals surface area (Å²) in [5, 5.41) is 13.7. The molecule has 0 aromatic heterocycles. The van der Waals surface area contributed by atoms with Gasteiger partial charge in [-0.1, -0.05) is 13.8 Å². The highest BCUT2D eigenvalue weighted by Crippen LogP contribution is 2.53. The summed E-state index contributed by atoms with van der Waals surface area (Å²) in [7, 11) is 1.70. The van der Waals surface area contributed by atoms with E-state index in [0.29, 0.717) is 40.2 Å². The molecule has 0 radical (unpaired) electrons. The van der Waals surface area contributed by atoms with Gasteiger partial charge in [-0.05, 0) is 146 Å². The van der Waals surface area contributed by atoms with Crippen molar-refractivity contribution in [2.24, 2.45) is 45.9 Å². The number of hydrazine groups is 2. The number of fused-ring (bicyclic) bond motifs is 3. The molecule has 12 nitrogen and oxygen atoms in total. The first-order valence-electron chi connectivity index (χ1n) is 24.3. The Balaban J connectivity index is 0.697. The Bertz CT molecular complexity index is 1560. The third-order valence-electron chi connectivity index (χ3n) is 17.6. The molecular formula is C46H76FN9O3S. The molecule has 14 unspecified atom stereocenters. The second-order valence-corrected chi connectivity index (χ2v) is 22.5. The molecule has 9 rings (SSSR count). The van der Waals surface area contributed by atoms with Gasteiger partial charge in [-0.2, -0.15) is 5.26 Å². The number of hydrogen-bond donors (Lipinski definition) is 5. The van der Waals surface area contributed by atoms with Crippen molar-refractivity contribution in [1.29, 1.82) is 5.26 Å². The van der Waals surface area contributed by atoms with Crippen LogP contribution in [0.3, 0.4) is 0 Å². The van der Waals surface area contributed by atoms with Crippen LogP contribution in [0, 0.1) is 52.3 Å². The summed E-state index contributed by atoms with van der Waals surface area (Å²) in [5.41, 5.74) is 15.7. The van der Waals surface area contributed by atoms with Crippen LogP contribution < -0.4 is 27.0 Å². The van der Waals surface area contributed by atoms with Gasteiger partial charge < -0.3 is 14.8 Å². The lowest BCUT2D eigenvalue weighted by atomic mass is 9.63. The van der Waals surface area contributed by atoms with Crippen LogP contribution in [0.1, 0.15) is 137 Å². The molecule has 14 heteroatoms. The number of thioether (sulfide) groups is 1. The number of nitrogens with zero attached hydrogens (tertiary/aromatic N) is 4. The Morgan fingerprint density at radius 3 is 2.42 bits per heavy atom. The van der Waals surface area contributed by atoms with Crippen molar-refractivity contribution in [3.8, 4) is 6.07 Å². The maximum atomic E-state index is 16.5. The van der Waals surface area contributed by atoms with Crippen LogP contribution in [0.2, 0.25) is 0 Å². The van der Waals surface area contributed by atoms with Gasteiger partial charge >= 0.3 is 0 Å². The summed E-state index contributed by atoms with van der Waals surface area (Å²) in [6, 6.07) is 2.51. The summed E-state index contributed by atoms with van der Waals surface area (Å²) in [6.07, 6.45) is 17.1. The van der Waals surface area contributed by atoms with Crippen LogP contribution in [0.4, 0.5) is 4.39 Å². The minimum Gasteiger partial charge on any atom is -0.380 e. The Labute approximate surface area is 363 Å². The first-order valence-corrected chi connectivity index (χ1v) is 25.3. The summed E-state index contributed by atoms with van der Waals surface area (Å²) in [4.78, 5) is 24.1. The number of nitriles is 1. The van der Waals surface area contributed by atoms with Crippen molar-refractivity contribution in [1.82, 2.24) is 36.8 Å². The molecule has 5 N–H and O–H groups in total. The molecule has 5 aliphatic heterocycles. The van der Waals surface area contributed by atoms with E-state index in [1.54, 1.807) is 7.11 Å². The molecule has 0 bridgehead atoms. The standard InChI is InChI=1S/C46H76FN9O3S/c1-26-28(3)60-45-41(26)42(49-27(2)43-54-51-29(4)56(43)45)31-7-13-36(37(47)22-31)30-16-18-46(19-17-30)20-21-55(25-46)40-15-14-38(52-53-40)44(57)50-33-8-11-34(12-9-33)59-35-10-6-32(24-48)39(23-35)58-5/h26-41,43,45,51-54H,6-23,25H2,1-5H3,(H,50,57)/t26?,27-,28?,29?,30?,31?,32?,33?,34?,35?,36?,37?,38?,39?,40?,41?,43?,45?,46?/m0/s1. The van der Waals surface area contributed by atoms with E-state index in [1.807, 2.05) is 0 Å². The highest BCUT2D eigenvalue weighted by atomic mass is 32.2. The van der Waals surface area contributed by atoms with Crippen molar-refractivity contribution < 1.29 is 18.7 Å². The predicted molar refractivity (Wildman–Crippen MR) is 234 cm³/mol. The third kappa shape index (κ3) is 8.85. The number of nitrogens with one attached hydrogen (secondary N) is 5. The third-order valence-corrected chi connectivity index (χ3v) is 19.2. The molecule has 336 valence electrons. The second kappa shape index (κ2) is 18.6. The fourth-order valence-corrected chi connectivity index (χ4v) is 15.6. The highest BCUT2D eigenvalue weighted by Gasteiger charge is 2.54. The first kappa shape index (κ1) is 43.8. The van der Waals surface area contributed by atoms with E-state index < -0.39 is 6.17 Å². The molecule has 4 aliphatic carbocycles. The number of amides is 1. The van der Waals surface area contributed by atoms with Crippen LogP contribution in [0.5, 0.6) is 0 Å². The summed E-state index contributed by atoms with van der Waals surface area (Å²) in [5.74, 6) is 1.96. The second-order valence-electron chi connectivity index (χ2n) is 21.0. The lowest BCUT2D eigenvalue weighted by Crippen LogP contribution is -2.62. The predicted octanol–water partition coefficient (Wildman–Crippen LogP) is 6.00. The topological polar surface area (TPSA) is 138 Å². The van der Waals surface area contributed by atoms with E-state index in [0.717, 1.165) is 96.6 Å². The van der Waals surface area contributed by atoms with E-state index >= 15 is 4.39 Å². The van der Waals surface area contributed by atoms with Gasteiger partial charge in [0, 0.05) is 49.5 Å². The molecule has 1 spiro atoms. The smallest absolute Gasteiger partial charge is 0.238 e. The fourth-order valence-electron chi connectivity index (χ4n) is 13.7. The summed E-state index contributed by atoms with van der Waals surface area (Å²) in [6.45, 7) is 11.5. The van der Waals surface area contributed by atoms with Crippen LogP contribution in [-0.4, -0.2) is 113 Å². The van der Waals surface area contributed by atoms with E-state index in [9.17, 15) is 10.1 Å². The van der Waals surface area contributed by atoms with Crippen LogP contribution in [0.15, 0.2) is 4.99 Å². The molecule has 0 aromatic rings. The van der Waals surface area contributed by atoms with E-state index in [2.05, 4.69) is 82.3 Å². The average Bonchev–Trinajstić information content (AvgIpc) is 3.92. The van der Waals surface area contributed by atoms with Crippen molar-refractivity contribution in [3.05, 3.63) is 0 Å². The zero-order valence-corrected chi connectivity index (χ0v) is 37.9. The lowest BCUT2D eigenvalue weighted by molar-refractivity contribution is -0.126. The zero-order chi connectivity index (χ0) is 41.7. The number of hydrogen-bond acceptors (Lipinski definition) is 12. The Kier molecular flexibility index (Phi) is 13.6. The Morgan fingerprint density at radius 2 is 1.70 bits per heavy atom. The number of methoxy groups -OCH3 is 1. The normalized spacial score (nSPS) is 49.1. The molecule has 4 saturated carbocycles. The maximum Gasteiger partial charge on any atom is 0.238 e. The van der Waals surface area contributed by atoms with Crippen molar-refractivity contribution in [2.75, 3.05) is 20.2 Å². The molecule has 4 saturated heterocycles. The number of rotatable bonds is 8. The number of halogens is 1. The van der Waals surface area contributed by atoms with Gasteiger partial charge in [0.15, 0.2) is 0 Å². The number of aliphatic imine (C=N–C) groups is 1. The van der Waals surface area contributed by atoms with Gasteiger partial charge in [-0.25, -0.2) is 26.1 Å². The molecule has 1 amide bonds. The fraction of sp³-hybridized carbons (Fsp3) is 0.935. The molecule has 5 heterocycles. The maximum absolute atomic E-state index is 16.5. The minimum absolute atomic E-state index is 0.0330. The van der Waals surface area contributed by atoms with E-state index in [-0.39, 0.29) is 78.6 Å². The molecular weight excluding hydrogens is 778 g/mol. The number of ether oxygens (including phenoxy) is 2. The summed E-state index contributed by atoms with van der Waals surface area (Å²) < 4.78 is 28.6.